The van der Waals surface area contributed by atoms with Crippen LogP contribution in [0.25, 0.3) is 0 Å². The summed E-state index contributed by atoms with van der Waals surface area (Å²) in [6, 6.07) is 10.7. The maximum absolute atomic E-state index is 5.71. The first kappa shape index (κ1) is 20.6. The summed E-state index contributed by atoms with van der Waals surface area (Å²) in [5.41, 5.74) is 0. The van der Waals surface area contributed by atoms with Crippen LogP contribution in [0, 0.1) is 12.0 Å². The van der Waals surface area contributed by atoms with Crippen LogP contribution in [0.1, 0.15) is 71.6 Å². The van der Waals surface area contributed by atoms with Gasteiger partial charge in [0, 0.05) is 5.75 Å². The van der Waals surface area contributed by atoms with Crippen molar-refractivity contribution in [3.05, 3.63) is 30.3 Å². The molecule has 21 heavy (non-hydrogen) atoms. The van der Waals surface area contributed by atoms with Crippen molar-refractivity contribution in [3.63, 3.8) is 0 Å². The molecular formula is C19H31LiO. The normalized spacial score (nSPS) is 11.7. The smallest absolute Gasteiger partial charge is 0.519 e. The molecule has 2 heteroatoms. The van der Waals surface area contributed by atoms with Gasteiger partial charge in [-0.15, -0.1) is 12.1 Å². The summed E-state index contributed by atoms with van der Waals surface area (Å²) in [6.45, 7) is 5.49. The van der Waals surface area contributed by atoms with E-state index < -0.39 is 0 Å². The van der Waals surface area contributed by atoms with Crippen LogP contribution in [-0.2, 0) is 0 Å². The second-order valence-electron chi connectivity index (χ2n) is 5.89. The Bertz CT molecular complexity index is 313. The maximum Gasteiger partial charge on any atom is 1.00 e. The third-order valence-electron chi connectivity index (χ3n) is 3.85. The number of ether oxygens (including phenoxy) is 1. The van der Waals surface area contributed by atoms with Gasteiger partial charge in [-0.2, -0.15) is 18.2 Å². The summed E-state index contributed by atoms with van der Waals surface area (Å²) in [6.07, 6.45) is 12.2. The van der Waals surface area contributed by atoms with E-state index in [1.807, 2.05) is 24.3 Å². The van der Waals surface area contributed by atoms with E-state index in [2.05, 4.69) is 19.9 Å². The summed E-state index contributed by atoms with van der Waals surface area (Å²) < 4.78 is 5.71. The quantitative estimate of drug-likeness (QED) is 0.325. The van der Waals surface area contributed by atoms with Crippen LogP contribution >= 0.6 is 0 Å². The molecule has 0 aromatic heterocycles. The van der Waals surface area contributed by atoms with E-state index in [9.17, 15) is 0 Å². The molecule has 0 unspecified atom stereocenters. The second-order valence-corrected chi connectivity index (χ2v) is 5.89. The van der Waals surface area contributed by atoms with Crippen molar-refractivity contribution in [1.82, 2.24) is 0 Å². The van der Waals surface area contributed by atoms with E-state index in [0.717, 1.165) is 24.7 Å². The molecule has 0 heterocycles. The van der Waals surface area contributed by atoms with Gasteiger partial charge in [0.15, 0.2) is 0 Å². The Morgan fingerprint density at radius 2 is 1.57 bits per heavy atom. The maximum atomic E-state index is 5.71. The predicted molar refractivity (Wildman–Crippen MR) is 87.2 cm³/mol. The van der Waals surface area contributed by atoms with Crippen LogP contribution in [0.4, 0.5) is 0 Å². The topological polar surface area (TPSA) is 9.23 Å². The Morgan fingerprint density at radius 1 is 0.952 bits per heavy atom. The van der Waals surface area contributed by atoms with Gasteiger partial charge in [-0.1, -0.05) is 58.8 Å². The molecule has 114 valence electrons. The molecule has 1 aromatic carbocycles. The zero-order valence-corrected chi connectivity index (χ0v) is 14.4. The molecule has 0 aliphatic heterocycles. The van der Waals surface area contributed by atoms with Gasteiger partial charge < -0.3 is 4.74 Å². The van der Waals surface area contributed by atoms with Crippen LogP contribution in [0.2, 0.25) is 0 Å². The molecule has 0 fully saturated rings. The van der Waals surface area contributed by atoms with Crippen molar-refractivity contribution in [3.8, 4) is 5.75 Å². The second kappa shape index (κ2) is 14.6. The fraction of sp³-hybridized carbons (Fsp3) is 0.684. The van der Waals surface area contributed by atoms with Crippen molar-refractivity contribution < 1.29 is 23.6 Å². The molecule has 1 rings (SSSR count). The van der Waals surface area contributed by atoms with E-state index in [4.69, 9.17) is 4.74 Å². The summed E-state index contributed by atoms with van der Waals surface area (Å²) in [5, 5.41) is 0. The fourth-order valence-corrected chi connectivity index (χ4v) is 2.51. The standard InChI is InChI=1S/C19H31O.Li/c1-3-4-5-6-7-9-13-18(2)14-12-17-20-19-15-10-8-11-16-19;/h10-11,15-16,18H,3-7,9,12-14,17H2,1-2H3;/q-1;+1/t18-;/m0./s1. The average molecular weight is 282 g/mol. The van der Waals surface area contributed by atoms with Crippen molar-refractivity contribution in [2.45, 2.75) is 71.6 Å². The molecule has 0 N–H and O–H groups in total. The van der Waals surface area contributed by atoms with Gasteiger partial charge in [0.2, 0.25) is 0 Å². The molecule has 0 radical (unpaired) electrons. The summed E-state index contributed by atoms with van der Waals surface area (Å²) >= 11 is 0. The molecule has 0 spiro atoms. The van der Waals surface area contributed by atoms with Gasteiger partial charge >= 0.3 is 18.9 Å². The SMILES string of the molecule is CCCCCCCC[C@H](C)CCCOc1cc[c-]cc1.[Li+]. The molecule has 1 atom stereocenters. The summed E-state index contributed by atoms with van der Waals surface area (Å²) in [7, 11) is 0. The van der Waals surface area contributed by atoms with Crippen LogP contribution < -0.4 is 23.6 Å². The Morgan fingerprint density at radius 3 is 2.29 bits per heavy atom. The third kappa shape index (κ3) is 11.9. The number of rotatable bonds is 12. The van der Waals surface area contributed by atoms with E-state index in [1.54, 1.807) is 0 Å². The van der Waals surface area contributed by atoms with Gasteiger partial charge in [0.1, 0.15) is 0 Å². The minimum absolute atomic E-state index is 0. The van der Waals surface area contributed by atoms with Crippen LogP contribution in [-0.4, -0.2) is 6.61 Å². The van der Waals surface area contributed by atoms with Crippen molar-refractivity contribution >= 4 is 0 Å². The largest absolute Gasteiger partial charge is 1.00 e. The average Bonchev–Trinajstić information content (AvgIpc) is 2.48. The Hall–Kier alpha value is -0.383. The van der Waals surface area contributed by atoms with Gasteiger partial charge in [-0.3, -0.25) is 0 Å². The van der Waals surface area contributed by atoms with Crippen molar-refractivity contribution in [2.24, 2.45) is 5.92 Å². The number of hydrogen-bond donors (Lipinski definition) is 0. The Labute approximate surface area is 144 Å². The van der Waals surface area contributed by atoms with Crippen LogP contribution in [0.15, 0.2) is 24.3 Å². The van der Waals surface area contributed by atoms with E-state index in [0.29, 0.717) is 0 Å². The van der Waals surface area contributed by atoms with Gasteiger partial charge in [-0.05, 0) is 18.8 Å². The first-order valence-corrected chi connectivity index (χ1v) is 8.42. The number of unbranched alkanes of at least 4 members (excludes halogenated alkanes) is 5. The van der Waals surface area contributed by atoms with Crippen LogP contribution in [0.5, 0.6) is 5.75 Å². The Kier molecular flexibility index (Phi) is 14.3. The molecule has 0 aliphatic rings. The fourth-order valence-electron chi connectivity index (χ4n) is 2.51. The van der Waals surface area contributed by atoms with E-state index in [-0.39, 0.29) is 18.9 Å². The summed E-state index contributed by atoms with van der Waals surface area (Å²) in [4.78, 5) is 0. The number of benzene rings is 1. The van der Waals surface area contributed by atoms with E-state index in [1.165, 1.54) is 51.4 Å². The first-order chi connectivity index (χ1) is 9.83. The molecule has 0 amide bonds. The molecule has 1 aromatic rings. The van der Waals surface area contributed by atoms with E-state index >= 15 is 0 Å². The minimum atomic E-state index is 0. The molecule has 0 aliphatic carbocycles. The first-order valence-electron chi connectivity index (χ1n) is 8.42. The minimum Gasteiger partial charge on any atom is -0.519 e. The van der Waals surface area contributed by atoms with Gasteiger partial charge in [0.25, 0.3) is 0 Å². The molecule has 0 saturated heterocycles. The zero-order chi connectivity index (χ0) is 14.5. The Balaban J connectivity index is 0.00000400. The van der Waals surface area contributed by atoms with Gasteiger partial charge in [0.05, 0.1) is 6.61 Å². The van der Waals surface area contributed by atoms with Crippen molar-refractivity contribution in [2.75, 3.05) is 6.61 Å². The zero-order valence-electron chi connectivity index (χ0n) is 14.4. The van der Waals surface area contributed by atoms with Crippen molar-refractivity contribution in [1.29, 1.82) is 0 Å². The van der Waals surface area contributed by atoms with Crippen LogP contribution in [0.3, 0.4) is 0 Å². The van der Waals surface area contributed by atoms with Gasteiger partial charge in [-0.25, -0.2) is 0 Å². The summed E-state index contributed by atoms with van der Waals surface area (Å²) in [5.74, 6) is 1.81. The molecular weight excluding hydrogens is 251 g/mol. The molecule has 0 saturated carbocycles. The third-order valence-corrected chi connectivity index (χ3v) is 3.85. The number of hydrogen-bond acceptors (Lipinski definition) is 1. The molecule has 0 bridgehead atoms. The monoisotopic (exact) mass is 282 g/mol. The molecule has 1 nitrogen and oxygen atoms in total. The predicted octanol–water partition coefficient (Wildman–Crippen LogP) is 3.04.